The van der Waals surface area contributed by atoms with E-state index in [4.69, 9.17) is 0 Å². The van der Waals surface area contributed by atoms with Crippen molar-refractivity contribution in [2.24, 2.45) is 7.05 Å². The van der Waals surface area contributed by atoms with Crippen LogP contribution in [0.4, 0.5) is 4.39 Å². The smallest absolute Gasteiger partial charge is 0.233 e. The fourth-order valence-corrected chi connectivity index (χ4v) is 5.11. The minimum atomic E-state index is -0.258. The van der Waals surface area contributed by atoms with Crippen molar-refractivity contribution in [2.45, 2.75) is 56.8 Å². The van der Waals surface area contributed by atoms with Crippen LogP contribution < -0.4 is 0 Å². The summed E-state index contributed by atoms with van der Waals surface area (Å²) in [5.74, 6) is 0.934. The topological polar surface area (TPSA) is 51.0 Å². The molecule has 1 saturated carbocycles. The third kappa shape index (κ3) is 5.21. The Morgan fingerprint density at radius 2 is 1.81 bits per heavy atom. The second-order valence-electron chi connectivity index (χ2n) is 8.41. The number of hydrogen-bond acceptors (Lipinski definition) is 4. The van der Waals surface area contributed by atoms with E-state index in [1.807, 2.05) is 34.7 Å². The first kappa shape index (κ1) is 22.5. The van der Waals surface area contributed by atoms with Crippen molar-refractivity contribution in [2.75, 3.05) is 5.75 Å². The molecule has 1 heterocycles. The zero-order chi connectivity index (χ0) is 22.5. The van der Waals surface area contributed by atoms with E-state index in [-0.39, 0.29) is 17.8 Å². The van der Waals surface area contributed by atoms with E-state index >= 15 is 0 Å². The molecule has 7 heteroatoms. The average molecular weight is 453 g/mol. The lowest BCUT2D eigenvalue weighted by atomic mass is 9.94. The van der Waals surface area contributed by atoms with Crippen LogP contribution in [-0.4, -0.2) is 37.4 Å². The fraction of sp³-hybridized carbons (Fsp3) is 0.400. The van der Waals surface area contributed by atoms with E-state index in [1.165, 1.54) is 30.3 Å². The summed E-state index contributed by atoms with van der Waals surface area (Å²) >= 11 is 1.42. The molecule has 1 aliphatic carbocycles. The zero-order valence-corrected chi connectivity index (χ0v) is 19.4. The third-order valence-electron chi connectivity index (χ3n) is 6.15. The Morgan fingerprint density at radius 3 is 2.53 bits per heavy atom. The van der Waals surface area contributed by atoms with Crippen LogP contribution in [0.3, 0.4) is 0 Å². The van der Waals surface area contributed by atoms with Crippen molar-refractivity contribution in [3.63, 3.8) is 0 Å². The van der Waals surface area contributed by atoms with E-state index in [0.717, 1.165) is 53.4 Å². The second kappa shape index (κ2) is 10.3. The van der Waals surface area contributed by atoms with Gasteiger partial charge in [-0.05, 0) is 43.0 Å². The van der Waals surface area contributed by atoms with Gasteiger partial charge in [0.2, 0.25) is 5.91 Å². The van der Waals surface area contributed by atoms with Gasteiger partial charge in [0.15, 0.2) is 11.0 Å². The van der Waals surface area contributed by atoms with Gasteiger partial charge in [-0.3, -0.25) is 4.79 Å². The maximum Gasteiger partial charge on any atom is 0.233 e. The Hall–Kier alpha value is -2.67. The van der Waals surface area contributed by atoms with E-state index < -0.39 is 0 Å². The number of thioether (sulfide) groups is 1. The lowest BCUT2D eigenvalue weighted by molar-refractivity contribution is -0.132. The normalized spacial score (nSPS) is 14.5. The summed E-state index contributed by atoms with van der Waals surface area (Å²) in [5.41, 5.74) is 3.13. The number of nitrogens with zero attached hydrogens (tertiary/aromatic N) is 4. The number of aromatic nitrogens is 3. The van der Waals surface area contributed by atoms with Crippen LogP contribution in [0.5, 0.6) is 0 Å². The third-order valence-corrected chi connectivity index (χ3v) is 7.15. The van der Waals surface area contributed by atoms with E-state index in [9.17, 15) is 9.18 Å². The molecule has 1 aromatic heterocycles. The predicted octanol–water partition coefficient (Wildman–Crippen LogP) is 5.38. The molecule has 0 radical (unpaired) electrons. The minimum absolute atomic E-state index is 0.0895. The van der Waals surface area contributed by atoms with E-state index in [0.29, 0.717) is 12.3 Å². The molecule has 1 amide bonds. The number of carbonyl (C=O) groups is 1. The molecule has 32 heavy (non-hydrogen) atoms. The highest BCUT2D eigenvalue weighted by atomic mass is 32.2. The molecular weight excluding hydrogens is 423 g/mol. The van der Waals surface area contributed by atoms with Gasteiger partial charge in [-0.2, -0.15) is 0 Å². The lowest BCUT2D eigenvalue weighted by Crippen LogP contribution is -2.42. The number of carbonyl (C=O) groups excluding carboxylic acids is 1. The highest BCUT2D eigenvalue weighted by Gasteiger charge is 2.26. The standard InChI is InChI=1S/C25H29FN4OS/c1-18-8-6-7-11-22(18)24-27-28-25(29(24)2)32-17-23(31)30(21-9-4-3-5-10-21)16-19-12-14-20(26)15-13-19/h6-8,11-15,21H,3-5,9-10,16-17H2,1-2H3. The van der Waals surface area contributed by atoms with Crippen LogP contribution >= 0.6 is 11.8 Å². The Bertz CT molecular complexity index is 1060. The highest BCUT2D eigenvalue weighted by Crippen LogP contribution is 2.28. The van der Waals surface area contributed by atoms with Gasteiger partial charge >= 0.3 is 0 Å². The average Bonchev–Trinajstić information content (AvgIpc) is 3.18. The molecule has 5 nitrogen and oxygen atoms in total. The molecular formula is C25H29FN4OS. The minimum Gasteiger partial charge on any atom is -0.335 e. The molecule has 1 aliphatic rings. The van der Waals surface area contributed by atoms with Crippen molar-refractivity contribution < 1.29 is 9.18 Å². The molecule has 0 aliphatic heterocycles. The summed E-state index contributed by atoms with van der Waals surface area (Å²) in [7, 11) is 1.94. The maximum atomic E-state index is 13.3. The summed E-state index contributed by atoms with van der Waals surface area (Å²) in [6.07, 6.45) is 5.57. The van der Waals surface area contributed by atoms with Gasteiger partial charge in [-0.15, -0.1) is 10.2 Å². The van der Waals surface area contributed by atoms with Gasteiger partial charge in [0, 0.05) is 25.2 Å². The maximum absolute atomic E-state index is 13.3. The number of rotatable bonds is 7. The van der Waals surface area contributed by atoms with Crippen LogP contribution in [0.25, 0.3) is 11.4 Å². The first-order chi connectivity index (χ1) is 15.5. The molecule has 0 saturated heterocycles. The van der Waals surface area contributed by atoms with Gasteiger partial charge < -0.3 is 9.47 Å². The molecule has 168 valence electrons. The molecule has 0 spiro atoms. The van der Waals surface area contributed by atoms with Crippen LogP contribution in [-0.2, 0) is 18.4 Å². The molecule has 0 N–H and O–H groups in total. The van der Waals surface area contributed by atoms with Gasteiger partial charge in [0.1, 0.15) is 5.82 Å². The van der Waals surface area contributed by atoms with Gasteiger partial charge in [-0.1, -0.05) is 67.4 Å². The number of aryl methyl sites for hydroxylation is 1. The molecule has 4 rings (SSSR count). The summed E-state index contributed by atoms with van der Waals surface area (Å²) < 4.78 is 15.3. The monoisotopic (exact) mass is 452 g/mol. The van der Waals surface area contributed by atoms with Crippen LogP contribution in [0.15, 0.2) is 53.7 Å². The lowest BCUT2D eigenvalue weighted by Gasteiger charge is -2.34. The Kier molecular flexibility index (Phi) is 7.25. The Balaban J connectivity index is 1.47. The highest BCUT2D eigenvalue weighted by molar-refractivity contribution is 7.99. The fourth-order valence-electron chi connectivity index (χ4n) is 4.31. The zero-order valence-electron chi connectivity index (χ0n) is 18.6. The predicted molar refractivity (Wildman–Crippen MR) is 126 cm³/mol. The van der Waals surface area contributed by atoms with Crippen molar-refractivity contribution in [3.8, 4) is 11.4 Å². The molecule has 0 unspecified atom stereocenters. The first-order valence-corrected chi connectivity index (χ1v) is 12.1. The van der Waals surface area contributed by atoms with E-state index in [1.54, 1.807) is 12.1 Å². The quantitative estimate of drug-likeness (QED) is 0.452. The van der Waals surface area contributed by atoms with Crippen LogP contribution in [0.1, 0.15) is 43.2 Å². The molecule has 3 aromatic rings. The summed E-state index contributed by atoms with van der Waals surface area (Å²) in [6.45, 7) is 2.56. The van der Waals surface area contributed by atoms with Crippen molar-refractivity contribution >= 4 is 17.7 Å². The number of halogens is 1. The SMILES string of the molecule is Cc1ccccc1-c1nnc(SCC(=O)N(Cc2ccc(F)cc2)C2CCCCC2)n1C. The number of amides is 1. The van der Waals surface area contributed by atoms with Gasteiger partial charge in [0.25, 0.3) is 0 Å². The first-order valence-electron chi connectivity index (χ1n) is 11.1. The summed E-state index contributed by atoms with van der Waals surface area (Å²) in [4.78, 5) is 15.3. The molecule has 0 bridgehead atoms. The number of hydrogen-bond donors (Lipinski definition) is 0. The Labute approximate surface area is 193 Å². The number of benzene rings is 2. The van der Waals surface area contributed by atoms with Gasteiger partial charge in [-0.25, -0.2) is 4.39 Å². The largest absolute Gasteiger partial charge is 0.335 e. The van der Waals surface area contributed by atoms with E-state index in [2.05, 4.69) is 23.2 Å². The molecule has 2 aromatic carbocycles. The van der Waals surface area contributed by atoms with Gasteiger partial charge in [0.05, 0.1) is 5.75 Å². The molecule has 1 fully saturated rings. The van der Waals surface area contributed by atoms with Crippen molar-refractivity contribution in [3.05, 3.63) is 65.5 Å². The van der Waals surface area contributed by atoms with Crippen LogP contribution in [0.2, 0.25) is 0 Å². The van der Waals surface area contributed by atoms with Crippen molar-refractivity contribution in [1.29, 1.82) is 0 Å². The summed E-state index contributed by atoms with van der Waals surface area (Å²) in [5, 5.41) is 9.43. The van der Waals surface area contributed by atoms with Crippen molar-refractivity contribution in [1.82, 2.24) is 19.7 Å². The Morgan fingerprint density at radius 1 is 1.09 bits per heavy atom. The second-order valence-corrected chi connectivity index (χ2v) is 9.35. The molecule has 0 atom stereocenters. The summed E-state index contributed by atoms with van der Waals surface area (Å²) in [6, 6.07) is 14.8. The van der Waals surface area contributed by atoms with Crippen LogP contribution in [0, 0.1) is 12.7 Å².